The highest BCUT2D eigenvalue weighted by Gasteiger charge is 2.21. The molecule has 0 fully saturated rings. The van der Waals surface area contributed by atoms with Crippen LogP contribution in [0, 0.1) is 6.92 Å². The molecule has 0 unspecified atom stereocenters. The number of carbonyl (C=O) groups is 2. The lowest BCUT2D eigenvalue weighted by molar-refractivity contribution is 0.0605. The van der Waals surface area contributed by atoms with E-state index in [9.17, 15) is 9.59 Å². The molecule has 128 valence electrons. The van der Waals surface area contributed by atoms with Crippen LogP contribution in [0.25, 0.3) is 10.2 Å². The third kappa shape index (κ3) is 3.33. The van der Waals surface area contributed by atoms with E-state index in [1.54, 1.807) is 24.3 Å². The number of ketones is 1. The fourth-order valence-electron chi connectivity index (χ4n) is 2.42. The highest BCUT2D eigenvalue weighted by atomic mass is 35.5. The molecule has 2 aromatic heterocycles. The van der Waals surface area contributed by atoms with Crippen molar-refractivity contribution in [3.05, 3.63) is 45.6 Å². The maximum absolute atomic E-state index is 11.9. The second kappa shape index (κ2) is 6.78. The molecule has 0 aliphatic rings. The summed E-state index contributed by atoms with van der Waals surface area (Å²) < 4.78 is 4.81. The number of aryl methyl sites for hydroxylation is 1. The lowest BCUT2D eigenvalue weighted by Gasteiger charge is -2.08. The molecule has 2 heterocycles. The highest BCUT2D eigenvalue weighted by molar-refractivity contribution is 7.20. The van der Waals surface area contributed by atoms with Crippen molar-refractivity contribution in [1.29, 1.82) is 0 Å². The van der Waals surface area contributed by atoms with Crippen LogP contribution in [0.15, 0.2) is 24.3 Å². The van der Waals surface area contributed by atoms with Crippen molar-refractivity contribution >= 4 is 56.4 Å². The number of fused-ring (bicyclic) bond motifs is 1. The number of rotatable bonds is 4. The topological polar surface area (TPSA) is 81.2 Å². The normalized spacial score (nSPS) is 10.7. The van der Waals surface area contributed by atoms with E-state index in [-0.39, 0.29) is 11.1 Å². The molecule has 0 bridgehead atoms. The van der Waals surface area contributed by atoms with E-state index in [2.05, 4.69) is 15.3 Å². The van der Waals surface area contributed by atoms with Gasteiger partial charge in [-0.15, -0.1) is 11.3 Å². The maximum Gasteiger partial charge on any atom is 0.348 e. The number of esters is 1. The van der Waals surface area contributed by atoms with Crippen LogP contribution in [0.1, 0.15) is 32.5 Å². The lowest BCUT2D eigenvalue weighted by Crippen LogP contribution is -2.00. The Hall–Kier alpha value is -2.51. The Labute approximate surface area is 152 Å². The average molecular weight is 376 g/mol. The van der Waals surface area contributed by atoms with Gasteiger partial charge in [0.05, 0.1) is 12.5 Å². The van der Waals surface area contributed by atoms with Crippen molar-refractivity contribution in [2.24, 2.45) is 0 Å². The van der Waals surface area contributed by atoms with E-state index < -0.39 is 5.97 Å². The Balaban J connectivity index is 2.07. The maximum atomic E-state index is 11.9. The molecule has 0 amide bonds. The van der Waals surface area contributed by atoms with Gasteiger partial charge in [-0.1, -0.05) is 0 Å². The zero-order chi connectivity index (χ0) is 18.1. The van der Waals surface area contributed by atoms with E-state index in [1.807, 2.05) is 6.92 Å². The monoisotopic (exact) mass is 375 g/mol. The number of aromatic nitrogens is 2. The van der Waals surface area contributed by atoms with E-state index in [4.69, 9.17) is 16.3 Å². The first-order chi connectivity index (χ1) is 11.9. The Morgan fingerprint density at radius 1 is 1.20 bits per heavy atom. The molecule has 0 aliphatic carbocycles. The van der Waals surface area contributed by atoms with Crippen molar-refractivity contribution in [3.63, 3.8) is 0 Å². The summed E-state index contributed by atoms with van der Waals surface area (Å²) in [5.41, 5.74) is 2.09. The fourth-order valence-corrected chi connectivity index (χ4v) is 3.73. The molecule has 3 rings (SSSR count). The van der Waals surface area contributed by atoms with Gasteiger partial charge < -0.3 is 10.1 Å². The standard InChI is InChI=1S/C17H14ClN3O3S/c1-8-12-14(19-11-6-4-10(5-7-11)9(2)22)20-17(18)21-15(12)25-13(8)16(23)24-3/h4-7H,1-3H3,(H,19,20,21). The van der Waals surface area contributed by atoms with Crippen molar-refractivity contribution in [3.8, 4) is 0 Å². The minimum absolute atomic E-state index is 0.00424. The molecule has 0 spiro atoms. The van der Waals surface area contributed by atoms with Crippen LogP contribution < -0.4 is 5.32 Å². The molecular formula is C17H14ClN3O3S. The highest BCUT2D eigenvalue weighted by Crippen LogP contribution is 2.36. The Kier molecular flexibility index (Phi) is 4.69. The van der Waals surface area contributed by atoms with Crippen LogP contribution in [0.4, 0.5) is 11.5 Å². The number of hydrogen-bond acceptors (Lipinski definition) is 7. The zero-order valence-corrected chi connectivity index (χ0v) is 15.3. The van der Waals surface area contributed by atoms with E-state index in [1.165, 1.54) is 25.4 Å². The Morgan fingerprint density at radius 3 is 2.48 bits per heavy atom. The molecule has 3 aromatic rings. The quantitative estimate of drug-likeness (QED) is 0.414. The van der Waals surface area contributed by atoms with Gasteiger partial charge >= 0.3 is 5.97 Å². The smallest absolute Gasteiger partial charge is 0.348 e. The third-order valence-electron chi connectivity index (χ3n) is 3.69. The third-order valence-corrected chi connectivity index (χ3v) is 5.02. The first-order valence-corrected chi connectivity index (χ1v) is 8.53. The molecule has 6 nitrogen and oxygen atoms in total. The minimum Gasteiger partial charge on any atom is -0.465 e. The van der Waals surface area contributed by atoms with Crippen LogP contribution >= 0.6 is 22.9 Å². The van der Waals surface area contributed by atoms with Gasteiger partial charge in [-0.25, -0.2) is 9.78 Å². The second-order valence-electron chi connectivity index (χ2n) is 5.33. The summed E-state index contributed by atoms with van der Waals surface area (Å²) in [6, 6.07) is 7.01. The number of halogens is 1. The van der Waals surface area contributed by atoms with E-state index in [0.717, 1.165) is 11.3 Å². The van der Waals surface area contributed by atoms with Crippen molar-refractivity contribution < 1.29 is 14.3 Å². The summed E-state index contributed by atoms with van der Waals surface area (Å²) in [6.45, 7) is 3.33. The molecule has 0 saturated carbocycles. The largest absolute Gasteiger partial charge is 0.465 e. The summed E-state index contributed by atoms with van der Waals surface area (Å²) in [7, 11) is 1.33. The van der Waals surface area contributed by atoms with Gasteiger partial charge in [0.15, 0.2) is 5.78 Å². The predicted molar refractivity (Wildman–Crippen MR) is 98.2 cm³/mol. The predicted octanol–water partition coefficient (Wildman–Crippen LogP) is 4.39. The van der Waals surface area contributed by atoms with Gasteiger partial charge in [0.25, 0.3) is 0 Å². The lowest BCUT2D eigenvalue weighted by atomic mass is 10.1. The number of nitrogens with zero attached hydrogens (tertiary/aromatic N) is 2. The van der Waals surface area contributed by atoms with Crippen molar-refractivity contribution in [2.75, 3.05) is 12.4 Å². The number of Topliss-reactive ketones (excluding diaryl/α,β-unsaturated/α-hetero) is 1. The van der Waals surface area contributed by atoms with E-state index in [0.29, 0.717) is 26.5 Å². The summed E-state index contributed by atoms with van der Waals surface area (Å²) in [5, 5.41) is 3.96. The molecular weight excluding hydrogens is 362 g/mol. The van der Waals surface area contributed by atoms with Gasteiger partial charge in [0.1, 0.15) is 15.5 Å². The SMILES string of the molecule is COC(=O)c1sc2nc(Cl)nc(Nc3ccc(C(C)=O)cc3)c2c1C. The fraction of sp³-hybridized carbons (Fsp3) is 0.176. The number of thiophene rings is 1. The van der Waals surface area contributed by atoms with Gasteiger partial charge in [-0.05, 0) is 55.3 Å². The molecule has 0 aliphatic heterocycles. The summed E-state index contributed by atoms with van der Waals surface area (Å²) in [4.78, 5) is 32.8. The van der Waals surface area contributed by atoms with Crippen LogP contribution in [-0.4, -0.2) is 28.8 Å². The molecule has 1 aromatic carbocycles. The number of carbonyl (C=O) groups excluding carboxylic acids is 2. The Bertz CT molecular complexity index is 983. The molecule has 0 radical (unpaired) electrons. The van der Waals surface area contributed by atoms with Gasteiger partial charge in [0.2, 0.25) is 5.28 Å². The van der Waals surface area contributed by atoms with Crippen molar-refractivity contribution in [2.45, 2.75) is 13.8 Å². The number of hydrogen-bond donors (Lipinski definition) is 1. The van der Waals surface area contributed by atoms with Crippen LogP contribution in [0.5, 0.6) is 0 Å². The van der Waals surface area contributed by atoms with E-state index >= 15 is 0 Å². The average Bonchev–Trinajstić information content (AvgIpc) is 2.91. The Morgan fingerprint density at radius 2 is 1.88 bits per heavy atom. The number of benzene rings is 1. The summed E-state index contributed by atoms with van der Waals surface area (Å²) >= 11 is 7.22. The van der Waals surface area contributed by atoms with Gasteiger partial charge in [-0.3, -0.25) is 4.79 Å². The first kappa shape index (κ1) is 17.3. The molecule has 0 saturated heterocycles. The van der Waals surface area contributed by atoms with Crippen LogP contribution in [-0.2, 0) is 4.74 Å². The molecule has 0 atom stereocenters. The number of methoxy groups -OCH3 is 1. The van der Waals surface area contributed by atoms with Crippen molar-refractivity contribution in [1.82, 2.24) is 9.97 Å². The van der Waals surface area contributed by atoms with Crippen LogP contribution in [0.3, 0.4) is 0 Å². The summed E-state index contributed by atoms with van der Waals surface area (Å²) in [6.07, 6.45) is 0. The molecule has 25 heavy (non-hydrogen) atoms. The minimum atomic E-state index is -0.423. The van der Waals surface area contributed by atoms with Gasteiger partial charge in [0, 0.05) is 11.3 Å². The summed E-state index contributed by atoms with van der Waals surface area (Å²) in [5.74, 6) is 0.0679. The molecule has 1 N–H and O–H groups in total. The molecule has 8 heteroatoms. The first-order valence-electron chi connectivity index (χ1n) is 7.33. The van der Waals surface area contributed by atoms with Crippen LogP contribution in [0.2, 0.25) is 5.28 Å². The number of ether oxygens (including phenoxy) is 1. The number of nitrogens with one attached hydrogen (secondary N) is 1. The van der Waals surface area contributed by atoms with Gasteiger partial charge in [-0.2, -0.15) is 4.98 Å². The number of anilines is 2. The zero-order valence-electron chi connectivity index (χ0n) is 13.7. The second-order valence-corrected chi connectivity index (χ2v) is 6.66.